The van der Waals surface area contributed by atoms with E-state index in [2.05, 4.69) is 0 Å². The van der Waals surface area contributed by atoms with Gasteiger partial charge >= 0.3 is 0 Å². The molecule has 0 radical (unpaired) electrons. The standard InChI is InChI=1S/C14H20O3/c15-8-10-6-12(9-16)14(17)13(7-10)11-4-2-1-3-5-11/h6-7,11,15-17H,1-5,8-9H2. The monoisotopic (exact) mass is 236 g/mol. The van der Waals surface area contributed by atoms with E-state index in [1.165, 1.54) is 19.3 Å². The summed E-state index contributed by atoms with van der Waals surface area (Å²) in [4.78, 5) is 0. The van der Waals surface area contributed by atoms with Gasteiger partial charge in [-0.1, -0.05) is 19.3 Å². The molecule has 0 heterocycles. The van der Waals surface area contributed by atoms with Gasteiger partial charge < -0.3 is 15.3 Å². The van der Waals surface area contributed by atoms with Gasteiger partial charge in [-0.25, -0.2) is 0 Å². The zero-order valence-corrected chi connectivity index (χ0v) is 10.0. The topological polar surface area (TPSA) is 60.7 Å². The van der Waals surface area contributed by atoms with Gasteiger partial charge in [0.05, 0.1) is 13.2 Å². The van der Waals surface area contributed by atoms with E-state index in [-0.39, 0.29) is 19.0 Å². The molecule has 0 atom stereocenters. The lowest BCUT2D eigenvalue weighted by atomic mass is 9.82. The second-order valence-electron chi connectivity index (χ2n) is 4.84. The van der Waals surface area contributed by atoms with E-state index in [0.717, 1.165) is 24.0 Å². The van der Waals surface area contributed by atoms with Gasteiger partial charge in [-0.3, -0.25) is 0 Å². The zero-order valence-electron chi connectivity index (χ0n) is 10.0. The van der Waals surface area contributed by atoms with E-state index in [0.29, 0.717) is 11.5 Å². The van der Waals surface area contributed by atoms with Crippen LogP contribution in [0.5, 0.6) is 5.75 Å². The minimum absolute atomic E-state index is 0.0486. The average molecular weight is 236 g/mol. The van der Waals surface area contributed by atoms with Crippen LogP contribution in [0.1, 0.15) is 54.7 Å². The molecular formula is C14H20O3. The fourth-order valence-electron chi connectivity index (χ4n) is 2.72. The number of hydrogen-bond acceptors (Lipinski definition) is 3. The highest BCUT2D eigenvalue weighted by Gasteiger charge is 2.20. The van der Waals surface area contributed by atoms with E-state index >= 15 is 0 Å². The summed E-state index contributed by atoms with van der Waals surface area (Å²) >= 11 is 0. The van der Waals surface area contributed by atoms with Crippen molar-refractivity contribution >= 4 is 0 Å². The third-order valence-corrected chi connectivity index (χ3v) is 3.68. The lowest BCUT2D eigenvalue weighted by Gasteiger charge is -2.24. The molecule has 1 aliphatic rings. The SMILES string of the molecule is OCc1cc(CO)c(O)c(C2CCCCC2)c1. The Bertz CT molecular complexity index is 381. The maximum Gasteiger partial charge on any atom is 0.124 e. The molecule has 1 fully saturated rings. The number of hydrogen-bond donors (Lipinski definition) is 3. The maximum atomic E-state index is 10.1. The van der Waals surface area contributed by atoms with E-state index in [9.17, 15) is 15.3 Å². The molecule has 0 spiro atoms. The van der Waals surface area contributed by atoms with Crippen LogP contribution < -0.4 is 0 Å². The molecule has 94 valence electrons. The first-order chi connectivity index (χ1) is 8.26. The Labute approximate surface area is 102 Å². The van der Waals surface area contributed by atoms with Crippen LogP contribution >= 0.6 is 0 Å². The Balaban J connectivity index is 2.36. The fraction of sp³-hybridized carbons (Fsp3) is 0.571. The van der Waals surface area contributed by atoms with Gasteiger partial charge in [0, 0.05) is 5.56 Å². The second-order valence-corrected chi connectivity index (χ2v) is 4.84. The fourth-order valence-corrected chi connectivity index (χ4v) is 2.72. The van der Waals surface area contributed by atoms with Crippen molar-refractivity contribution in [2.75, 3.05) is 0 Å². The first-order valence-electron chi connectivity index (χ1n) is 6.32. The van der Waals surface area contributed by atoms with E-state index in [1.54, 1.807) is 6.07 Å². The molecule has 1 saturated carbocycles. The van der Waals surface area contributed by atoms with E-state index < -0.39 is 0 Å². The summed E-state index contributed by atoms with van der Waals surface area (Å²) in [6.07, 6.45) is 5.84. The second kappa shape index (κ2) is 5.52. The van der Waals surface area contributed by atoms with Gasteiger partial charge in [0.2, 0.25) is 0 Å². The number of aromatic hydroxyl groups is 1. The first kappa shape index (κ1) is 12.4. The van der Waals surface area contributed by atoms with Gasteiger partial charge in [-0.05, 0) is 42.0 Å². The number of benzene rings is 1. The minimum atomic E-state index is -0.181. The van der Waals surface area contributed by atoms with Crippen LogP contribution in [0.15, 0.2) is 12.1 Å². The first-order valence-corrected chi connectivity index (χ1v) is 6.32. The molecule has 1 aliphatic carbocycles. The van der Waals surface area contributed by atoms with Gasteiger partial charge in [0.15, 0.2) is 0 Å². The van der Waals surface area contributed by atoms with Crippen molar-refractivity contribution < 1.29 is 15.3 Å². The van der Waals surface area contributed by atoms with Crippen LogP contribution in [0, 0.1) is 0 Å². The average Bonchev–Trinajstić information content (AvgIpc) is 2.40. The molecule has 1 aromatic carbocycles. The molecule has 0 amide bonds. The molecule has 0 bridgehead atoms. The lowest BCUT2D eigenvalue weighted by molar-refractivity contribution is 0.269. The summed E-state index contributed by atoms with van der Waals surface area (Å²) in [7, 11) is 0. The predicted octanol–water partition coefficient (Wildman–Crippen LogP) is 2.42. The van der Waals surface area contributed by atoms with Crippen molar-refractivity contribution in [3.63, 3.8) is 0 Å². The number of aliphatic hydroxyl groups excluding tert-OH is 2. The molecule has 3 nitrogen and oxygen atoms in total. The zero-order chi connectivity index (χ0) is 12.3. The molecule has 0 aliphatic heterocycles. The Morgan fingerprint density at radius 3 is 2.29 bits per heavy atom. The highest BCUT2D eigenvalue weighted by Crippen LogP contribution is 2.39. The summed E-state index contributed by atoms with van der Waals surface area (Å²) in [5.41, 5.74) is 2.20. The van der Waals surface area contributed by atoms with Gasteiger partial charge in [-0.2, -0.15) is 0 Å². The van der Waals surface area contributed by atoms with Crippen molar-refractivity contribution in [3.05, 3.63) is 28.8 Å². The van der Waals surface area contributed by atoms with Crippen LogP contribution in [0.4, 0.5) is 0 Å². The lowest BCUT2D eigenvalue weighted by Crippen LogP contribution is -2.06. The largest absolute Gasteiger partial charge is 0.507 e. The predicted molar refractivity (Wildman–Crippen MR) is 65.8 cm³/mol. The van der Waals surface area contributed by atoms with Crippen LogP contribution in [0.2, 0.25) is 0 Å². The Morgan fingerprint density at radius 2 is 1.71 bits per heavy atom. The van der Waals surface area contributed by atoms with Crippen molar-refractivity contribution in [1.82, 2.24) is 0 Å². The highest BCUT2D eigenvalue weighted by molar-refractivity contribution is 5.45. The van der Waals surface area contributed by atoms with Crippen LogP contribution in [-0.2, 0) is 13.2 Å². The summed E-state index contributed by atoms with van der Waals surface area (Å²) in [5.74, 6) is 0.595. The molecule has 3 N–H and O–H groups in total. The van der Waals surface area contributed by atoms with E-state index in [1.807, 2.05) is 6.07 Å². The quantitative estimate of drug-likeness (QED) is 0.755. The molecule has 0 aromatic heterocycles. The van der Waals surface area contributed by atoms with E-state index in [4.69, 9.17) is 0 Å². The number of rotatable bonds is 3. The van der Waals surface area contributed by atoms with Crippen LogP contribution in [0.25, 0.3) is 0 Å². The maximum absolute atomic E-state index is 10.1. The molecular weight excluding hydrogens is 216 g/mol. The van der Waals surface area contributed by atoms with Crippen molar-refractivity contribution in [2.45, 2.75) is 51.2 Å². The molecule has 3 heteroatoms. The molecule has 1 aromatic rings. The Morgan fingerprint density at radius 1 is 1.00 bits per heavy atom. The summed E-state index contributed by atoms with van der Waals surface area (Å²) < 4.78 is 0. The van der Waals surface area contributed by atoms with Crippen molar-refractivity contribution in [3.8, 4) is 5.75 Å². The molecule has 2 rings (SSSR count). The van der Waals surface area contributed by atoms with Crippen LogP contribution in [-0.4, -0.2) is 15.3 Å². The normalized spacial score (nSPS) is 17.3. The number of aliphatic hydroxyl groups is 2. The molecule has 17 heavy (non-hydrogen) atoms. The number of phenols is 1. The Kier molecular flexibility index (Phi) is 4.02. The van der Waals surface area contributed by atoms with Gasteiger partial charge in [-0.15, -0.1) is 0 Å². The van der Waals surface area contributed by atoms with Crippen molar-refractivity contribution in [1.29, 1.82) is 0 Å². The molecule has 0 unspecified atom stereocenters. The van der Waals surface area contributed by atoms with Gasteiger partial charge in [0.1, 0.15) is 5.75 Å². The summed E-state index contributed by atoms with van der Waals surface area (Å²) in [5, 5.41) is 28.5. The smallest absolute Gasteiger partial charge is 0.124 e. The molecule has 0 saturated heterocycles. The van der Waals surface area contributed by atoms with Gasteiger partial charge in [0.25, 0.3) is 0 Å². The third kappa shape index (κ3) is 2.61. The van der Waals surface area contributed by atoms with Crippen LogP contribution in [0.3, 0.4) is 0 Å². The summed E-state index contributed by atoms with van der Waals surface area (Å²) in [6.45, 7) is -0.230. The third-order valence-electron chi connectivity index (χ3n) is 3.68. The highest BCUT2D eigenvalue weighted by atomic mass is 16.3. The minimum Gasteiger partial charge on any atom is -0.507 e. The Hall–Kier alpha value is -1.06. The van der Waals surface area contributed by atoms with Crippen molar-refractivity contribution in [2.24, 2.45) is 0 Å². The summed E-state index contributed by atoms with van der Waals surface area (Å²) in [6, 6.07) is 3.55.